The summed E-state index contributed by atoms with van der Waals surface area (Å²) >= 11 is 0. The Kier molecular flexibility index (Phi) is 3.20. The summed E-state index contributed by atoms with van der Waals surface area (Å²) in [5, 5.41) is 11.4. The highest BCUT2D eigenvalue weighted by Gasteiger charge is 2.04. The van der Waals surface area contributed by atoms with Crippen molar-refractivity contribution in [2.75, 3.05) is 5.32 Å². The minimum Gasteiger partial charge on any atom is -0.355 e. The first-order chi connectivity index (χ1) is 8.58. The third-order valence-electron chi connectivity index (χ3n) is 2.24. The van der Waals surface area contributed by atoms with E-state index in [4.69, 9.17) is 5.26 Å². The predicted octanol–water partition coefficient (Wildman–Crippen LogP) is 3.72. The molecule has 0 spiro atoms. The van der Waals surface area contributed by atoms with Gasteiger partial charge in [-0.15, -0.1) is 0 Å². The van der Waals surface area contributed by atoms with Gasteiger partial charge in [0.25, 0.3) is 0 Å². The fourth-order valence-electron chi connectivity index (χ4n) is 1.47. The predicted molar refractivity (Wildman–Crippen MR) is 60.8 cm³/mol. The Hall–Kier alpha value is -2.48. The van der Waals surface area contributed by atoms with Gasteiger partial charge < -0.3 is 5.32 Å². The number of hydrogen-bond donors (Lipinski definition) is 1. The largest absolute Gasteiger partial charge is 0.355 e. The zero-order valence-corrected chi connectivity index (χ0v) is 9.05. The Labute approximate surface area is 101 Å². The van der Waals surface area contributed by atoms with Gasteiger partial charge in [-0.05, 0) is 30.3 Å². The van der Waals surface area contributed by atoms with E-state index in [9.17, 15) is 13.2 Å². The second-order valence-corrected chi connectivity index (χ2v) is 3.59. The summed E-state index contributed by atoms with van der Waals surface area (Å²) in [4.78, 5) is 0. The van der Waals surface area contributed by atoms with E-state index < -0.39 is 17.5 Å². The summed E-state index contributed by atoms with van der Waals surface area (Å²) in [6.45, 7) is 0. The van der Waals surface area contributed by atoms with E-state index in [1.165, 1.54) is 12.1 Å². The first-order valence-corrected chi connectivity index (χ1v) is 5.01. The summed E-state index contributed by atoms with van der Waals surface area (Å²) in [6, 6.07) is 8.67. The Morgan fingerprint density at radius 1 is 0.889 bits per heavy atom. The van der Waals surface area contributed by atoms with Crippen molar-refractivity contribution in [3.8, 4) is 6.07 Å². The molecule has 90 valence electrons. The molecule has 0 saturated carbocycles. The maximum atomic E-state index is 13.1. The Morgan fingerprint density at radius 2 is 1.67 bits per heavy atom. The molecule has 0 amide bonds. The van der Waals surface area contributed by atoms with Gasteiger partial charge in [0.2, 0.25) is 0 Å². The second-order valence-electron chi connectivity index (χ2n) is 3.59. The molecule has 0 fully saturated rings. The van der Waals surface area contributed by atoms with Crippen LogP contribution in [0.2, 0.25) is 0 Å². The summed E-state index contributed by atoms with van der Waals surface area (Å²) in [5.74, 6) is -2.55. The third-order valence-corrected chi connectivity index (χ3v) is 2.24. The number of halogens is 3. The second kappa shape index (κ2) is 4.80. The molecule has 0 aliphatic heterocycles. The van der Waals surface area contributed by atoms with Gasteiger partial charge >= 0.3 is 0 Å². The van der Waals surface area contributed by atoms with E-state index >= 15 is 0 Å². The highest BCUT2D eigenvalue weighted by atomic mass is 19.2. The van der Waals surface area contributed by atoms with Crippen LogP contribution in [0.15, 0.2) is 36.4 Å². The van der Waals surface area contributed by atoms with Crippen molar-refractivity contribution in [3.05, 3.63) is 59.4 Å². The van der Waals surface area contributed by atoms with E-state index in [2.05, 4.69) is 5.32 Å². The Balaban J connectivity index is 2.31. The normalized spacial score (nSPS) is 9.89. The lowest BCUT2D eigenvalue weighted by Gasteiger charge is -2.07. The fraction of sp³-hybridized carbons (Fsp3) is 0. The molecular formula is C13H7F3N2. The van der Waals surface area contributed by atoms with Gasteiger partial charge in [0.05, 0.1) is 11.6 Å². The number of hydrogen-bond acceptors (Lipinski definition) is 2. The van der Waals surface area contributed by atoms with Crippen molar-refractivity contribution in [1.29, 1.82) is 5.26 Å². The lowest BCUT2D eigenvalue weighted by Crippen LogP contribution is -1.94. The molecule has 2 aromatic carbocycles. The monoisotopic (exact) mass is 248 g/mol. The summed E-state index contributed by atoms with van der Waals surface area (Å²) < 4.78 is 38.8. The lowest BCUT2D eigenvalue weighted by atomic mass is 10.2. The van der Waals surface area contributed by atoms with E-state index in [1.807, 2.05) is 0 Å². The first kappa shape index (κ1) is 12.0. The fourth-order valence-corrected chi connectivity index (χ4v) is 1.47. The molecule has 0 saturated heterocycles. The molecule has 0 aliphatic rings. The smallest absolute Gasteiger partial charge is 0.160 e. The van der Waals surface area contributed by atoms with Gasteiger partial charge in [0.15, 0.2) is 11.6 Å². The van der Waals surface area contributed by atoms with Gasteiger partial charge in [0, 0.05) is 17.4 Å². The van der Waals surface area contributed by atoms with Gasteiger partial charge in [-0.3, -0.25) is 0 Å². The molecule has 2 nitrogen and oxygen atoms in total. The van der Waals surface area contributed by atoms with Crippen molar-refractivity contribution < 1.29 is 13.2 Å². The number of anilines is 2. The van der Waals surface area contributed by atoms with Crippen LogP contribution < -0.4 is 5.32 Å². The van der Waals surface area contributed by atoms with Crippen molar-refractivity contribution in [3.63, 3.8) is 0 Å². The van der Waals surface area contributed by atoms with Gasteiger partial charge in [-0.2, -0.15) is 5.26 Å². The topological polar surface area (TPSA) is 35.8 Å². The SMILES string of the molecule is N#Cc1cc(F)cc(Nc2ccc(F)c(F)c2)c1. The molecule has 1 N–H and O–H groups in total. The number of benzene rings is 2. The summed E-state index contributed by atoms with van der Waals surface area (Å²) in [5.41, 5.74) is 0.695. The number of nitrogens with zero attached hydrogens (tertiary/aromatic N) is 1. The lowest BCUT2D eigenvalue weighted by molar-refractivity contribution is 0.509. The van der Waals surface area contributed by atoms with Crippen LogP contribution in [0.5, 0.6) is 0 Å². The zero-order valence-electron chi connectivity index (χ0n) is 9.05. The van der Waals surface area contributed by atoms with Crippen LogP contribution in [-0.4, -0.2) is 0 Å². The molecule has 2 rings (SSSR count). The van der Waals surface area contributed by atoms with Crippen LogP contribution >= 0.6 is 0 Å². The molecule has 0 bridgehead atoms. The summed E-state index contributed by atoms with van der Waals surface area (Å²) in [7, 11) is 0. The van der Waals surface area contributed by atoms with Crippen LogP contribution in [-0.2, 0) is 0 Å². The number of rotatable bonds is 2. The molecule has 2 aromatic rings. The Morgan fingerprint density at radius 3 is 2.33 bits per heavy atom. The molecule has 0 radical (unpaired) electrons. The standard InChI is InChI=1S/C13H7F3N2/c14-9-3-8(7-17)4-11(5-9)18-10-1-2-12(15)13(16)6-10/h1-6,18H. The molecule has 5 heteroatoms. The van der Waals surface area contributed by atoms with E-state index in [-0.39, 0.29) is 16.9 Å². The van der Waals surface area contributed by atoms with Crippen molar-refractivity contribution in [2.24, 2.45) is 0 Å². The van der Waals surface area contributed by atoms with Crippen LogP contribution in [0.1, 0.15) is 5.56 Å². The van der Waals surface area contributed by atoms with Crippen molar-refractivity contribution in [2.45, 2.75) is 0 Å². The average molecular weight is 248 g/mol. The van der Waals surface area contributed by atoms with E-state index in [1.54, 1.807) is 6.07 Å². The van der Waals surface area contributed by atoms with Crippen LogP contribution in [0.4, 0.5) is 24.5 Å². The van der Waals surface area contributed by atoms with Gasteiger partial charge in [-0.25, -0.2) is 13.2 Å². The third kappa shape index (κ3) is 2.61. The first-order valence-electron chi connectivity index (χ1n) is 5.01. The van der Waals surface area contributed by atoms with Crippen LogP contribution in [0.25, 0.3) is 0 Å². The highest BCUT2D eigenvalue weighted by molar-refractivity contribution is 5.61. The van der Waals surface area contributed by atoms with Crippen LogP contribution in [0.3, 0.4) is 0 Å². The molecule has 0 unspecified atom stereocenters. The molecule has 18 heavy (non-hydrogen) atoms. The number of nitriles is 1. The van der Waals surface area contributed by atoms with Crippen LogP contribution in [0, 0.1) is 28.8 Å². The minimum atomic E-state index is -1.00. The van der Waals surface area contributed by atoms with E-state index in [0.717, 1.165) is 24.3 Å². The maximum absolute atomic E-state index is 13.1. The molecule has 0 aromatic heterocycles. The molecular weight excluding hydrogens is 241 g/mol. The molecule has 0 atom stereocenters. The average Bonchev–Trinajstić information content (AvgIpc) is 2.33. The van der Waals surface area contributed by atoms with E-state index in [0.29, 0.717) is 0 Å². The Bertz CT molecular complexity index is 633. The number of nitrogens with one attached hydrogen (secondary N) is 1. The van der Waals surface area contributed by atoms with Gasteiger partial charge in [0.1, 0.15) is 5.82 Å². The van der Waals surface area contributed by atoms with Crippen molar-refractivity contribution in [1.82, 2.24) is 0 Å². The highest BCUT2D eigenvalue weighted by Crippen LogP contribution is 2.20. The van der Waals surface area contributed by atoms with Gasteiger partial charge in [-0.1, -0.05) is 0 Å². The molecule has 0 aliphatic carbocycles. The maximum Gasteiger partial charge on any atom is 0.160 e. The summed E-state index contributed by atoms with van der Waals surface area (Å²) in [6.07, 6.45) is 0. The quantitative estimate of drug-likeness (QED) is 0.879. The van der Waals surface area contributed by atoms with Crippen molar-refractivity contribution >= 4 is 11.4 Å². The molecule has 0 heterocycles. The zero-order chi connectivity index (χ0) is 13.1. The minimum absolute atomic E-state index is 0.139.